The minimum Gasteiger partial charge on any atom is -0.369 e. The van der Waals surface area contributed by atoms with Gasteiger partial charge in [0.05, 0.1) is 16.7 Å². The molecule has 1 aromatic carbocycles. The van der Waals surface area contributed by atoms with E-state index in [0.717, 1.165) is 18.4 Å². The zero-order chi connectivity index (χ0) is 18.7. The largest absolute Gasteiger partial charge is 0.369 e. The summed E-state index contributed by atoms with van der Waals surface area (Å²) in [6.45, 7) is 1.06. The maximum atomic E-state index is 12.5. The SMILES string of the molecule is Cn1c(SCC(=O)N2CCC[C@H](C(N)=O)C2)nnc1-c1ccccc1Cl. The van der Waals surface area contributed by atoms with Crippen molar-refractivity contribution in [2.24, 2.45) is 18.7 Å². The van der Waals surface area contributed by atoms with E-state index in [1.807, 2.05) is 29.8 Å². The highest BCUT2D eigenvalue weighted by molar-refractivity contribution is 7.99. The number of rotatable bonds is 5. The van der Waals surface area contributed by atoms with Crippen molar-refractivity contribution in [3.63, 3.8) is 0 Å². The Morgan fingerprint density at radius 3 is 2.85 bits per heavy atom. The zero-order valence-electron chi connectivity index (χ0n) is 14.4. The van der Waals surface area contributed by atoms with Crippen LogP contribution in [0.25, 0.3) is 11.4 Å². The molecule has 0 radical (unpaired) electrons. The van der Waals surface area contributed by atoms with Gasteiger partial charge in [-0.25, -0.2) is 0 Å². The van der Waals surface area contributed by atoms with Crippen LogP contribution in [0, 0.1) is 5.92 Å². The molecule has 2 heterocycles. The van der Waals surface area contributed by atoms with E-state index >= 15 is 0 Å². The van der Waals surface area contributed by atoms with Crippen LogP contribution in [0.4, 0.5) is 0 Å². The van der Waals surface area contributed by atoms with Gasteiger partial charge in [0.1, 0.15) is 0 Å². The molecule has 7 nitrogen and oxygen atoms in total. The number of benzene rings is 1. The molecule has 3 rings (SSSR count). The van der Waals surface area contributed by atoms with E-state index in [-0.39, 0.29) is 23.5 Å². The molecule has 1 aliphatic rings. The molecule has 138 valence electrons. The number of carbonyl (C=O) groups is 2. The number of primary amides is 1. The molecule has 0 aliphatic carbocycles. The quantitative estimate of drug-likeness (QED) is 0.783. The third kappa shape index (κ3) is 4.02. The summed E-state index contributed by atoms with van der Waals surface area (Å²) in [5.41, 5.74) is 6.16. The summed E-state index contributed by atoms with van der Waals surface area (Å²) in [7, 11) is 1.84. The summed E-state index contributed by atoms with van der Waals surface area (Å²) in [5.74, 6) is 0.271. The first-order chi connectivity index (χ1) is 12.5. The Balaban J connectivity index is 1.64. The molecule has 1 saturated heterocycles. The second-order valence-electron chi connectivity index (χ2n) is 6.21. The molecule has 1 aromatic heterocycles. The molecule has 0 bridgehead atoms. The number of hydrogen-bond donors (Lipinski definition) is 1. The minimum atomic E-state index is -0.340. The molecule has 1 aliphatic heterocycles. The van der Waals surface area contributed by atoms with E-state index in [1.165, 1.54) is 11.8 Å². The first-order valence-electron chi connectivity index (χ1n) is 8.31. The lowest BCUT2D eigenvalue weighted by atomic mass is 9.97. The molecule has 1 atom stereocenters. The summed E-state index contributed by atoms with van der Waals surface area (Å²) < 4.78 is 1.82. The highest BCUT2D eigenvalue weighted by Gasteiger charge is 2.27. The van der Waals surface area contributed by atoms with Gasteiger partial charge >= 0.3 is 0 Å². The van der Waals surface area contributed by atoms with Gasteiger partial charge in [-0.05, 0) is 25.0 Å². The van der Waals surface area contributed by atoms with E-state index in [9.17, 15) is 9.59 Å². The van der Waals surface area contributed by atoms with Crippen molar-refractivity contribution in [1.29, 1.82) is 0 Å². The van der Waals surface area contributed by atoms with Crippen molar-refractivity contribution in [3.8, 4) is 11.4 Å². The van der Waals surface area contributed by atoms with Crippen LogP contribution in [0.1, 0.15) is 12.8 Å². The second-order valence-corrected chi connectivity index (χ2v) is 7.56. The normalized spacial score (nSPS) is 17.3. The van der Waals surface area contributed by atoms with Crippen molar-refractivity contribution >= 4 is 35.2 Å². The molecule has 9 heteroatoms. The Bertz CT molecular complexity index is 825. The van der Waals surface area contributed by atoms with Gasteiger partial charge in [0, 0.05) is 25.7 Å². The summed E-state index contributed by atoms with van der Waals surface area (Å²) in [4.78, 5) is 25.5. The molecule has 26 heavy (non-hydrogen) atoms. The van der Waals surface area contributed by atoms with Gasteiger partial charge in [0.25, 0.3) is 0 Å². The highest BCUT2D eigenvalue weighted by atomic mass is 35.5. The number of nitrogens with zero attached hydrogens (tertiary/aromatic N) is 4. The molecule has 2 N–H and O–H groups in total. The molecule has 0 spiro atoms. The minimum absolute atomic E-state index is 0.0248. The highest BCUT2D eigenvalue weighted by Crippen LogP contribution is 2.28. The number of halogens is 1. The summed E-state index contributed by atoms with van der Waals surface area (Å²) >= 11 is 7.54. The molecular weight excluding hydrogens is 374 g/mol. The number of amides is 2. The van der Waals surface area contributed by atoms with Crippen LogP contribution in [0.5, 0.6) is 0 Å². The van der Waals surface area contributed by atoms with E-state index in [2.05, 4.69) is 10.2 Å². The first-order valence-corrected chi connectivity index (χ1v) is 9.68. The zero-order valence-corrected chi connectivity index (χ0v) is 16.0. The van der Waals surface area contributed by atoms with Crippen molar-refractivity contribution in [1.82, 2.24) is 19.7 Å². The van der Waals surface area contributed by atoms with Crippen LogP contribution in [-0.4, -0.2) is 50.3 Å². The van der Waals surface area contributed by atoms with Crippen LogP contribution in [0.15, 0.2) is 29.4 Å². The van der Waals surface area contributed by atoms with E-state index in [1.54, 1.807) is 11.0 Å². The van der Waals surface area contributed by atoms with E-state index < -0.39 is 0 Å². The second kappa shape index (κ2) is 8.09. The average Bonchev–Trinajstić information content (AvgIpc) is 3.00. The van der Waals surface area contributed by atoms with Crippen molar-refractivity contribution < 1.29 is 9.59 Å². The molecule has 0 unspecified atom stereocenters. The summed E-state index contributed by atoms with van der Waals surface area (Å²) in [6, 6.07) is 7.42. The maximum absolute atomic E-state index is 12.5. The first kappa shape index (κ1) is 18.7. The van der Waals surface area contributed by atoms with Gasteiger partial charge in [0.15, 0.2) is 11.0 Å². The Morgan fingerprint density at radius 2 is 2.12 bits per heavy atom. The van der Waals surface area contributed by atoms with Gasteiger partial charge in [-0.15, -0.1) is 10.2 Å². The van der Waals surface area contributed by atoms with Crippen LogP contribution in [0.2, 0.25) is 5.02 Å². The fourth-order valence-corrected chi connectivity index (χ4v) is 4.01. The van der Waals surface area contributed by atoms with E-state index in [4.69, 9.17) is 17.3 Å². The predicted octanol–water partition coefficient (Wildman–Crippen LogP) is 1.95. The van der Waals surface area contributed by atoms with Crippen molar-refractivity contribution in [3.05, 3.63) is 29.3 Å². The number of carbonyl (C=O) groups excluding carboxylic acids is 2. The van der Waals surface area contributed by atoms with Gasteiger partial charge in [-0.3, -0.25) is 9.59 Å². The summed E-state index contributed by atoms with van der Waals surface area (Å²) in [5, 5.41) is 9.59. The average molecular weight is 394 g/mol. The number of nitrogens with two attached hydrogens (primary N) is 1. The number of thioether (sulfide) groups is 1. The number of hydrogen-bond acceptors (Lipinski definition) is 5. The van der Waals surface area contributed by atoms with Gasteiger partial charge in [-0.2, -0.15) is 0 Å². The van der Waals surface area contributed by atoms with Gasteiger partial charge in [0.2, 0.25) is 11.8 Å². The number of piperidine rings is 1. The van der Waals surface area contributed by atoms with E-state index in [0.29, 0.717) is 29.1 Å². The monoisotopic (exact) mass is 393 g/mol. The molecular formula is C17H20ClN5O2S. The molecule has 2 amide bonds. The smallest absolute Gasteiger partial charge is 0.233 e. The predicted molar refractivity (Wildman–Crippen MR) is 101 cm³/mol. The van der Waals surface area contributed by atoms with Gasteiger partial charge < -0.3 is 15.2 Å². The van der Waals surface area contributed by atoms with Crippen molar-refractivity contribution in [2.75, 3.05) is 18.8 Å². The van der Waals surface area contributed by atoms with Crippen molar-refractivity contribution in [2.45, 2.75) is 18.0 Å². The lowest BCUT2D eigenvalue weighted by molar-refractivity contribution is -0.132. The lowest BCUT2D eigenvalue weighted by Gasteiger charge is -2.31. The Labute approximate surface area is 160 Å². The lowest BCUT2D eigenvalue weighted by Crippen LogP contribution is -2.44. The third-order valence-electron chi connectivity index (χ3n) is 4.45. The Hall–Kier alpha value is -2.06. The Kier molecular flexibility index (Phi) is 5.83. The molecule has 0 saturated carbocycles. The van der Waals surface area contributed by atoms with Crippen LogP contribution >= 0.6 is 23.4 Å². The van der Waals surface area contributed by atoms with Gasteiger partial charge in [-0.1, -0.05) is 35.5 Å². The fraction of sp³-hybridized carbons (Fsp3) is 0.412. The molecule has 1 fully saturated rings. The van der Waals surface area contributed by atoms with Crippen LogP contribution < -0.4 is 5.73 Å². The fourth-order valence-electron chi connectivity index (χ4n) is 2.97. The summed E-state index contributed by atoms with van der Waals surface area (Å²) in [6.07, 6.45) is 1.54. The molecule has 2 aromatic rings. The Morgan fingerprint density at radius 1 is 1.35 bits per heavy atom. The number of aromatic nitrogens is 3. The van der Waals surface area contributed by atoms with Crippen LogP contribution in [-0.2, 0) is 16.6 Å². The number of likely N-dealkylation sites (tertiary alicyclic amines) is 1. The maximum Gasteiger partial charge on any atom is 0.233 e. The topological polar surface area (TPSA) is 94.1 Å². The third-order valence-corrected chi connectivity index (χ3v) is 5.79. The van der Waals surface area contributed by atoms with Crippen LogP contribution in [0.3, 0.4) is 0 Å². The standard InChI is InChI=1S/C17H20ClN5O2S/c1-22-16(12-6-2-3-7-13(12)18)20-21-17(22)26-10-14(24)23-8-4-5-11(9-23)15(19)25/h2-3,6-7,11H,4-5,8-10H2,1H3,(H2,19,25)/t11-/m0/s1.